The molecule has 6 heteroatoms. The molecule has 4 rings (SSSR count). The zero-order chi connectivity index (χ0) is 20.4. The van der Waals surface area contributed by atoms with Crippen molar-refractivity contribution in [1.82, 2.24) is 0 Å². The highest BCUT2D eigenvalue weighted by Gasteiger charge is 2.71. The van der Waals surface area contributed by atoms with Crippen molar-refractivity contribution < 1.29 is 28.8 Å². The van der Waals surface area contributed by atoms with Gasteiger partial charge in [0, 0.05) is 37.4 Å². The number of hydrogen-bond donors (Lipinski definition) is 1. The Labute approximate surface area is 167 Å². The number of rotatable bonds is 3. The molecule has 10 atom stereocenters. The lowest BCUT2D eigenvalue weighted by molar-refractivity contribution is -0.328. The van der Waals surface area contributed by atoms with E-state index in [2.05, 4.69) is 13.8 Å². The summed E-state index contributed by atoms with van der Waals surface area (Å²) < 4.78 is 23.2. The third kappa shape index (κ3) is 2.38. The van der Waals surface area contributed by atoms with Gasteiger partial charge in [-0.25, -0.2) is 0 Å². The zero-order valence-electron chi connectivity index (χ0n) is 17.8. The highest BCUT2D eigenvalue weighted by molar-refractivity contribution is 5.99. The number of carbonyl (C=O) groups excluding carboxylic acids is 1. The molecule has 1 aliphatic heterocycles. The molecule has 1 heterocycles. The van der Waals surface area contributed by atoms with Gasteiger partial charge in [-0.3, -0.25) is 4.79 Å². The Hall–Kier alpha value is -0.950. The molecular weight excluding hydrogens is 360 g/mol. The van der Waals surface area contributed by atoms with Crippen LogP contribution in [0.3, 0.4) is 0 Å². The van der Waals surface area contributed by atoms with Crippen LogP contribution in [-0.2, 0) is 23.7 Å². The van der Waals surface area contributed by atoms with Gasteiger partial charge in [0.2, 0.25) is 5.78 Å². The van der Waals surface area contributed by atoms with Gasteiger partial charge in [-0.05, 0) is 36.7 Å². The third-order valence-corrected chi connectivity index (χ3v) is 8.80. The summed E-state index contributed by atoms with van der Waals surface area (Å²) in [6.07, 6.45) is 2.81. The Balaban J connectivity index is 1.87. The quantitative estimate of drug-likeness (QED) is 0.793. The van der Waals surface area contributed by atoms with E-state index in [-0.39, 0.29) is 53.4 Å². The van der Waals surface area contributed by atoms with Gasteiger partial charge in [0.15, 0.2) is 12.0 Å². The Morgan fingerprint density at radius 3 is 2.50 bits per heavy atom. The van der Waals surface area contributed by atoms with Gasteiger partial charge in [0.25, 0.3) is 0 Å². The SMILES string of the molecule is COC1=CC[C@@H]2C[C@H]3O[C@H](OC)C[C@H]4[C@@H](C)[C@H](OC)[C@@H](O)[C@H]([C@@]2(C)C1=O)[C@@]34C. The molecule has 0 spiro atoms. The highest BCUT2D eigenvalue weighted by atomic mass is 16.7. The Bertz CT molecular complexity index is 676. The molecule has 158 valence electrons. The molecule has 0 bridgehead atoms. The minimum atomic E-state index is -0.737. The molecule has 0 aromatic heterocycles. The minimum Gasteiger partial charge on any atom is -0.493 e. The number of allylic oxidation sites excluding steroid dienone is 2. The van der Waals surface area contributed by atoms with Crippen LogP contribution in [0.2, 0.25) is 0 Å². The summed E-state index contributed by atoms with van der Waals surface area (Å²) in [7, 11) is 4.89. The minimum absolute atomic E-state index is 0.00648. The molecule has 1 saturated heterocycles. The summed E-state index contributed by atoms with van der Waals surface area (Å²) in [5.41, 5.74) is -1.04. The largest absolute Gasteiger partial charge is 0.493 e. The van der Waals surface area contributed by atoms with E-state index in [9.17, 15) is 9.90 Å². The van der Waals surface area contributed by atoms with Crippen molar-refractivity contribution in [2.45, 2.75) is 64.6 Å². The number of carbonyl (C=O) groups is 1. The predicted molar refractivity (Wildman–Crippen MR) is 102 cm³/mol. The maximum Gasteiger partial charge on any atom is 0.203 e. The number of aliphatic hydroxyl groups excluding tert-OH is 1. The molecule has 2 saturated carbocycles. The van der Waals surface area contributed by atoms with Crippen LogP contribution in [0, 0.1) is 34.5 Å². The summed E-state index contributed by atoms with van der Waals surface area (Å²) >= 11 is 0. The van der Waals surface area contributed by atoms with E-state index in [0.29, 0.717) is 5.76 Å². The molecule has 3 fully saturated rings. The smallest absolute Gasteiger partial charge is 0.203 e. The normalized spacial score (nSPS) is 53.1. The molecule has 0 aromatic carbocycles. The van der Waals surface area contributed by atoms with Gasteiger partial charge < -0.3 is 24.1 Å². The van der Waals surface area contributed by atoms with Gasteiger partial charge in [-0.2, -0.15) is 0 Å². The summed E-state index contributed by atoms with van der Waals surface area (Å²) in [6.45, 7) is 6.39. The van der Waals surface area contributed by atoms with Gasteiger partial charge >= 0.3 is 0 Å². The van der Waals surface area contributed by atoms with Crippen LogP contribution in [-0.4, -0.2) is 56.8 Å². The molecule has 0 aromatic rings. The van der Waals surface area contributed by atoms with Gasteiger partial charge in [-0.15, -0.1) is 0 Å². The first-order valence-corrected chi connectivity index (χ1v) is 10.4. The molecule has 6 nitrogen and oxygen atoms in total. The first-order chi connectivity index (χ1) is 13.2. The van der Waals surface area contributed by atoms with Crippen LogP contribution < -0.4 is 0 Å². The summed E-state index contributed by atoms with van der Waals surface area (Å²) in [5.74, 6) is 0.632. The third-order valence-electron chi connectivity index (χ3n) is 8.80. The molecule has 4 aliphatic rings. The van der Waals surface area contributed by atoms with Crippen LogP contribution in [0.5, 0.6) is 0 Å². The average Bonchev–Trinajstić information content (AvgIpc) is 2.66. The van der Waals surface area contributed by atoms with Crippen LogP contribution in [0.4, 0.5) is 0 Å². The lowest BCUT2D eigenvalue weighted by Gasteiger charge is -2.69. The number of aliphatic hydroxyl groups is 1. The second kappa shape index (κ2) is 6.79. The van der Waals surface area contributed by atoms with E-state index < -0.39 is 11.5 Å². The van der Waals surface area contributed by atoms with Crippen LogP contribution in [0.25, 0.3) is 0 Å². The van der Waals surface area contributed by atoms with E-state index in [1.165, 1.54) is 0 Å². The monoisotopic (exact) mass is 394 g/mol. The van der Waals surface area contributed by atoms with Crippen molar-refractivity contribution >= 4 is 5.78 Å². The Morgan fingerprint density at radius 1 is 1.18 bits per heavy atom. The fraction of sp³-hybridized carbons (Fsp3) is 0.864. The second-order valence-corrected chi connectivity index (χ2v) is 9.58. The first-order valence-electron chi connectivity index (χ1n) is 10.4. The van der Waals surface area contributed by atoms with E-state index in [1.807, 2.05) is 13.0 Å². The van der Waals surface area contributed by atoms with E-state index >= 15 is 0 Å². The average molecular weight is 395 g/mol. The number of ketones is 1. The molecule has 28 heavy (non-hydrogen) atoms. The van der Waals surface area contributed by atoms with Crippen molar-refractivity contribution in [2.75, 3.05) is 21.3 Å². The summed E-state index contributed by atoms with van der Waals surface area (Å²) in [4.78, 5) is 13.6. The van der Waals surface area contributed by atoms with Crippen LogP contribution in [0.15, 0.2) is 11.8 Å². The van der Waals surface area contributed by atoms with Gasteiger partial charge in [0.05, 0.1) is 25.4 Å². The standard InChI is InChI=1S/C22H34O6/c1-11-13-10-16(26-5)28-15-9-12-7-8-14(25-4)20(24)21(12,2)19(22(13,15)3)17(23)18(11)27-6/h8,11-13,15-19,23H,7,9-10H2,1-6H3/t11-,12-,13+,15-,16+,17-,18+,19-,21+,22-/m1/s1. The lowest BCUT2D eigenvalue weighted by atomic mass is 9.39. The van der Waals surface area contributed by atoms with E-state index in [0.717, 1.165) is 19.3 Å². The number of methoxy groups -OCH3 is 3. The fourth-order valence-corrected chi connectivity index (χ4v) is 7.42. The molecule has 3 aliphatic carbocycles. The lowest BCUT2D eigenvalue weighted by Crippen LogP contribution is -2.73. The molecule has 0 radical (unpaired) electrons. The van der Waals surface area contributed by atoms with Crippen LogP contribution in [0.1, 0.15) is 40.0 Å². The maximum atomic E-state index is 13.6. The fourth-order valence-electron chi connectivity index (χ4n) is 7.42. The van der Waals surface area contributed by atoms with Gasteiger partial charge in [-0.1, -0.05) is 20.8 Å². The molecule has 1 N–H and O–H groups in total. The number of fused-ring (bicyclic) bond motifs is 2. The Morgan fingerprint density at radius 2 is 1.89 bits per heavy atom. The first kappa shape index (κ1) is 20.3. The van der Waals surface area contributed by atoms with E-state index in [1.54, 1.807) is 21.3 Å². The number of ether oxygens (including phenoxy) is 4. The van der Waals surface area contributed by atoms with Crippen molar-refractivity contribution in [3.63, 3.8) is 0 Å². The van der Waals surface area contributed by atoms with E-state index in [4.69, 9.17) is 18.9 Å². The van der Waals surface area contributed by atoms with Crippen molar-refractivity contribution in [2.24, 2.45) is 34.5 Å². The van der Waals surface area contributed by atoms with Crippen LogP contribution >= 0.6 is 0 Å². The van der Waals surface area contributed by atoms with Gasteiger partial charge in [0.1, 0.15) is 0 Å². The Kier molecular flexibility index (Phi) is 4.93. The number of Topliss-reactive ketones (excluding diaryl/α,β-unsaturated/α-hetero) is 1. The predicted octanol–water partition coefficient (Wildman–Crippen LogP) is 2.54. The zero-order valence-corrected chi connectivity index (χ0v) is 17.8. The molecular formula is C22H34O6. The summed E-state index contributed by atoms with van der Waals surface area (Å²) in [6, 6.07) is 0. The van der Waals surface area contributed by atoms with Crippen molar-refractivity contribution in [3.8, 4) is 0 Å². The molecule has 0 unspecified atom stereocenters. The topological polar surface area (TPSA) is 74.2 Å². The maximum absolute atomic E-state index is 13.6. The second-order valence-electron chi connectivity index (χ2n) is 9.58. The number of hydrogen-bond acceptors (Lipinski definition) is 6. The van der Waals surface area contributed by atoms with Crippen molar-refractivity contribution in [1.29, 1.82) is 0 Å². The van der Waals surface area contributed by atoms with Crippen molar-refractivity contribution in [3.05, 3.63) is 11.8 Å². The summed E-state index contributed by atoms with van der Waals surface area (Å²) in [5, 5.41) is 11.5. The molecule has 0 amide bonds. The highest BCUT2D eigenvalue weighted by Crippen LogP contribution is 2.68.